The highest BCUT2D eigenvalue weighted by Gasteiger charge is 2.10. The SMILES string of the molecule is Cc1ccc(OCc2ccccc2C)c([C@@H](C)O)c1. The number of rotatable bonds is 4. The van der Waals surface area contributed by atoms with Crippen molar-refractivity contribution in [3.05, 3.63) is 64.7 Å². The van der Waals surface area contributed by atoms with E-state index in [2.05, 4.69) is 19.1 Å². The van der Waals surface area contributed by atoms with Crippen LogP contribution in [0.25, 0.3) is 0 Å². The van der Waals surface area contributed by atoms with E-state index in [0.29, 0.717) is 6.61 Å². The topological polar surface area (TPSA) is 29.5 Å². The molecule has 2 nitrogen and oxygen atoms in total. The molecule has 0 bridgehead atoms. The Morgan fingerprint density at radius 1 is 1.11 bits per heavy atom. The highest BCUT2D eigenvalue weighted by atomic mass is 16.5. The van der Waals surface area contributed by atoms with Gasteiger partial charge in [-0.25, -0.2) is 0 Å². The first kappa shape index (κ1) is 13.6. The smallest absolute Gasteiger partial charge is 0.125 e. The minimum absolute atomic E-state index is 0.522. The van der Waals surface area contributed by atoms with Gasteiger partial charge in [0.15, 0.2) is 0 Å². The van der Waals surface area contributed by atoms with Crippen molar-refractivity contribution in [2.45, 2.75) is 33.5 Å². The van der Waals surface area contributed by atoms with E-state index in [1.165, 1.54) is 11.1 Å². The minimum atomic E-state index is -0.522. The third kappa shape index (κ3) is 3.36. The van der Waals surface area contributed by atoms with Crippen LogP contribution in [0.1, 0.15) is 35.3 Å². The molecule has 2 aromatic carbocycles. The molecule has 0 radical (unpaired) electrons. The van der Waals surface area contributed by atoms with Gasteiger partial charge in [-0.15, -0.1) is 0 Å². The third-order valence-electron chi connectivity index (χ3n) is 3.26. The van der Waals surface area contributed by atoms with Gasteiger partial charge in [0.2, 0.25) is 0 Å². The summed E-state index contributed by atoms with van der Waals surface area (Å²) in [6.45, 7) is 6.37. The minimum Gasteiger partial charge on any atom is -0.489 e. The van der Waals surface area contributed by atoms with Gasteiger partial charge >= 0.3 is 0 Å². The molecule has 0 aliphatic heterocycles. The Morgan fingerprint density at radius 2 is 1.84 bits per heavy atom. The first-order valence-corrected chi connectivity index (χ1v) is 6.54. The van der Waals surface area contributed by atoms with Gasteiger partial charge in [-0.3, -0.25) is 0 Å². The Bertz CT molecular complexity index is 559. The fraction of sp³-hybridized carbons (Fsp3) is 0.294. The molecular weight excluding hydrogens is 236 g/mol. The second kappa shape index (κ2) is 5.89. The summed E-state index contributed by atoms with van der Waals surface area (Å²) in [5, 5.41) is 9.80. The van der Waals surface area contributed by atoms with Gasteiger partial charge in [-0.05, 0) is 44.0 Å². The van der Waals surface area contributed by atoms with Crippen molar-refractivity contribution in [3.63, 3.8) is 0 Å². The van der Waals surface area contributed by atoms with Crippen LogP contribution >= 0.6 is 0 Å². The van der Waals surface area contributed by atoms with E-state index in [1.54, 1.807) is 6.92 Å². The van der Waals surface area contributed by atoms with Crippen LogP contribution in [-0.4, -0.2) is 5.11 Å². The lowest BCUT2D eigenvalue weighted by Gasteiger charge is -2.15. The molecule has 100 valence electrons. The molecule has 0 amide bonds. The van der Waals surface area contributed by atoms with Gasteiger partial charge in [-0.1, -0.05) is 35.9 Å². The maximum absolute atomic E-state index is 9.80. The first-order valence-electron chi connectivity index (χ1n) is 6.54. The molecule has 0 fully saturated rings. The second-order valence-corrected chi connectivity index (χ2v) is 4.93. The van der Waals surface area contributed by atoms with E-state index in [9.17, 15) is 5.11 Å². The molecule has 0 heterocycles. The van der Waals surface area contributed by atoms with Crippen LogP contribution in [0, 0.1) is 13.8 Å². The molecule has 1 N–H and O–H groups in total. The van der Waals surface area contributed by atoms with E-state index in [1.807, 2.05) is 37.3 Å². The van der Waals surface area contributed by atoms with Crippen molar-refractivity contribution in [1.29, 1.82) is 0 Å². The maximum atomic E-state index is 9.80. The molecule has 19 heavy (non-hydrogen) atoms. The molecule has 0 saturated heterocycles. The molecule has 2 rings (SSSR count). The van der Waals surface area contributed by atoms with Gasteiger partial charge < -0.3 is 9.84 Å². The van der Waals surface area contributed by atoms with Crippen LogP contribution in [0.15, 0.2) is 42.5 Å². The summed E-state index contributed by atoms with van der Waals surface area (Å²) in [6, 6.07) is 14.1. The molecule has 0 unspecified atom stereocenters. The van der Waals surface area contributed by atoms with E-state index < -0.39 is 6.10 Å². The molecule has 0 aliphatic rings. The molecule has 2 aromatic rings. The number of ether oxygens (including phenoxy) is 1. The van der Waals surface area contributed by atoms with Crippen molar-refractivity contribution in [2.24, 2.45) is 0 Å². The van der Waals surface area contributed by atoms with Crippen LogP contribution < -0.4 is 4.74 Å². The summed E-state index contributed by atoms with van der Waals surface area (Å²) in [6.07, 6.45) is -0.522. The number of aliphatic hydroxyl groups is 1. The lowest BCUT2D eigenvalue weighted by Crippen LogP contribution is -2.02. The molecule has 1 atom stereocenters. The zero-order chi connectivity index (χ0) is 13.8. The van der Waals surface area contributed by atoms with Crippen LogP contribution in [0.4, 0.5) is 0 Å². The number of aliphatic hydroxyl groups excluding tert-OH is 1. The normalized spacial score (nSPS) is 12.2. The average Bonchev–Trinajstić information content (AvgIpc) is 2.38. The van der Waals surface area contributed by atoms with Crippen LogP contribution in [0.3, 0.4) is 0 Å². The summed E-state index contributed by atoms with van der Waals surface area (Å²) < 4.78 is 5.86. The lowest BCUT2D eigenvalue weighted by molar-refractivity contribution is 0.190. The summed E-state index contributed by atoms with van der Waals surface area (Å²) in [4.78, 5) is 0. The highest BCUT2D eigenvalue weighted by molar-refractivity contribution is 5.38. The van der Waals surface area contributed by atoms with Crippen molar-refractivity contribution >= 4 is 0 Å². The molecule has 0 saturated carbocycles. The Morgan fingerprint density at radius 3 is 2.53 bits per heavy atom. The van der Waals surface area contributed by atoms with E-state index in [-0.39, 0.29) is 0 Å². The van der Waals surface area contributed by atoms with Crippen molar-refractivity contribution in [1.82, 2.24) is 0 Å². The average molecular weight is 256 g/mol. The standard InChI is InChI=1S/C17H20O2/c1-12-8-9-17(16(10-12)14(3)18)19-11-15-7-5-4-6-13(15)2/h4-10,14,18H,11H2,1-3H3/t14-/m1/s1. The van der Waals surface area contributed by atoms with Crippen molar-refractivity contribution in [3.8, 4) is 5.75 Å². The largest absolute Gasteiger partial charge is 0.489 e. The predicted molar refractivity (Wildman–Crippen MR) is 77.3 cm³/mol. The zero-order valence-electron chi connectivity index (χ0n) is 11.7. The summed E-state index contributed by atoms with van der Waals surface area (Å²) >= 11 is 0. The zero-order valence-corrected chi connectivity index (χ0v) is 11.7. The van der Waals surface area contributed by atoms with Crippen molar-refractivity contribution < 1.29 is 9.84 Å². The predicted octanol–water partition coefficient (Wildman–Crippen LogP) is 3.94. The number of hydrogen-bond donors (Lipinski definition) is 1. The van der Waals surface area contributed by atoms with Gasteiger partial charge in [0.1, 0.15) is 12.4 Å². The third-order valence-corrected chi connectivity index (χ3v) is 3.26. The number of aryl methyl sites for hydroxylation is 2. The number of hydrogen-bond acceptors (Lipinski definition) is 2. The molecule has 0 aromatic heterocycles. The van der Waals surface area contributed by atoms with Crippen LogP contribution in [0.5, 0.6) is 5.75 Å². The van der Waals surface area contributed by atoms with E-state index in [4.69, 9.17) is 4.74 Å². The Balaban J connectivity index is 2.18. The van der Waals surface area contributed by atoms with E-state index in [0.717, 1.165) is 16.9 Å². The van der Waals surface area contributed by atoms with Gasteiger partial charge in [0.25, 0.3) is 0 Å². The molecule has 2 heteroatoms. The highest BCUT2D eigenvalue weighted by Crippen LogP contribution is 2.27. The molecule has 0 spiro atoms. The Labute approximate surface area is 114 Å². The van der Waals surface area contributed by atoms with Crippen LogP contribution in [0.2, 0.25) is 0 Å². The molecular formula is C17H20O2. The van der Waals surface area contributed by atoms with E-state index >= 15 is 0 Å². The van der Waals surface area contributed by atoms with Crippen molar-refractivity contribution in [2.75, 3.05) is 0 Å². The summed E-state index contributed by atoms with van der Waals surface area (Å²) in [5.41, 5.74) is 4.35. The number of benzene rings is 2. The fourth-order valence-corrected chi connectivity index (χ4v) is 2.05. The summed E-state index contributed by atoms with van der Waals surface area (Å²) in [7, 11) is 0. The summed E-state index contributed by atoms with van der Waals surface area (Å²) in [5.74, 6) is 0.754. The van der Waals surface area contributed by atoms with Gasteiger partial charge in [0.05, 0.1) is 6.10 Å². The van der Waals surface area contributed by atoms with Gasteiger partial charge in [-0.2, -0.15) is 0 Å². The Kier molecular flexibility index (Phi) is 4.23. The quantitative estimate of drug-likeness (QED) is 0.898. The second-order valence-electron chi connectivity index (χ2n) is 4.93. The monoisotopic (exact) mass is 256 g/mol. The Hall–Kier alpha value is -1.80. The van der Waals surface area contributed by atoms with Gasteiger partial charge in [0, 0.05) is 5.56 Å². The fourth-order valence-electron chi connectivity index (χ4n) is 2.05. The van der Waals surface area contributed by atoms with Crippen LogP contribution in [-0.2, 0) is 6.61 Å². The lowest BCUT2D eigenvalue weighted by atomic mass is 10.1. The molecule has 0 aliphatic carbocycles. The first-order chi connectivity index (χ1) is 9.08. The maximum Gasteiger partial charge on any atom is 0.125 e.